The highest BCUT2D eigenvalue weighted by Crippen LogP contribution is 2.32. The van der Waals surface area contributed by atoms with Crippen LogP contribution in [0.1, 0.15) is 19.3 Å². The first-order valence-corrected chi connectivity index (χ1v) is 9.27. The third-order valence-corrected chi connectivity index (χ3v) is 5.91. The van der Waals surface area contributed by atoms with E-state index in [1.54, 1.807) is 6.08 Å². The lowest BCUT2D eigenvalue weighted by Crippen LogP contribution is -2.64. The topological polar surface area (TPSA) is 56.3 Å². The Morgan fingerprint density at radius 2 is 1.92 bits per heavy atom. The number of hydrogen-bond acceptors (Lipinski definition) is 4. The second-order valence-corrected chi connectivity index (χ2v) is 7.33. The van der Waals surface area contributed by atoms with Crippen LogP contribution in [0.3, 0.4) is 0 Å². The van der Waals surface area contributed by atoms with Crippen molar-refractivity contribution < 1.29 is 14.3 Å². The maximum Gasteiger partial charge on any atom is 0.320 e. The van der Waals surface area contributed by atoms with Crippen LogP contribution in [0.5, 0.6) is 0 Å². The fourth-order valence-corrected chi connectivity index (χ4v) is 4.16. The molecule has 1 spiro atoms. The van der Waals surface area contributed by atoms with Gasteiger partial charge in [-0.25, -0.2) is 4.79 Å². The van der Waals surface area contributed by atoms with Crippen LogP contribution in [0.2, 0.25) is 0 Å². The highest BCUT2D eigenvalue weighted by Gasteiger charge is 2.44. The third-order valence-electron chi connectivity index (χ3n) is 5.91. The van der Waals surface area contributed by atoms with E-state index < -0.39 is 0 Å². The highest BCUT2D eigenvalue weighted by molar-refractivity contribution is 5.77. The maximum atomic E-state index is 12.9. The fraction of sp³-hybridized carbons (Fsp3) is 0.778. The van der Waals surface area contributed by atoms with Crippen molar-refractivity contribution in [2.24, 2.45) is 0 Å². The molecule has 3 rings (SSSR count). The third kappa shape index (κ3) is 3.82. The predicted octanol–water partition coefficient (Wildman–Crippen LogP) is 0.623. The minimum absolute atomic E-state index is 0.105. The van der Waals surface area contributed by atoms with Crippen LogP contribution in [0, 0.1) is 0 Å². The molecule has 3 aliphatic rings. The summed E-state index contributed by atoms with van der Waals surface area (Å²) < 4.78 is 5.36. The van der Waals surface area contributed by atoms with Crippen LogP contribution in [-0.2, 0) is 9.53 Å². The van der Waals surface area contributed by atoms with Gasteiger partial charge in [0.2, 0.25) is 5.91 Å². The van der Waals surface area contributed by atoms with Crippen molar-refractivity contribution in [2.75, 3.05) is 66.1 Å². The van der Waals surface area contributed by atoms with Gasteiger partial charge in [0.05, 0.1) is 13.2 Å². The summed E-state index contributed by atoms with van der Waals surface area (Å²) in [6, 6.07) is 0.120. The number of carbonyl (C=O) groups excluding carboxylic acids is 2. The van der Waals surface area contributed by atoms with Crippen LogP contribution in [0.25, 0.3) is 0 Å². The summed E-state index contributed by atoms with van der Waals surface area (Å²) in [6.07, 6.45) is 4.03. The molecule has 1 atom stereocenters. The molecular formula is C18H30N4O3. The molecule has 0 saturated carbocycles. The maximum absolute atomic E-state index is 12.9. The smallest absolute Gasteiger partial charge is 0.320 e. The van der Waals surface area contributed by atoms with E-state index in [2.05, 4.69) is 18.5 Å². The van der Waals surface area contributed by atoms with E-state index in [1.807, 2.05) is 14.7 Å². The number of urea groups is 1. The Balaban J connectivity index is 1.70. The number of morpholine rings is 1. The molecule has 3 saturated heterocycles. The van der Waals surface area contributed by atoms with Gasteiger partial charge in [0.25, 0.3) is 0 Å². The molecule has 1 unspecified atom stereocenters. The summed E-state index contributed by atoms with van der Waals surface area (Å²) in [5.74, 6) is 0.196. The molecule has 0 N–H and O–H groups in total. The Kier molecular flexibility index (Phi) is 5.64. The molecule has 0 bridgehead atoms. The monoisotopic (exact) mass is 350 g/mol. The number of rotatable bonds is 2. The van der Waals surface area contributed by atoms with Gasteiger partial charge in [0, 0.05) is 57.8 Å². The number of nitrogens with zero attached hydrogens (tertiary/aromatic N) is 4. The van der Waals surface area contributed by atoms with Gasteiger partial charge in [-0.2, -0.15) is 0 Å². The summed E-state index contributed by atoms with van der Waals surface area (Å²) >= 11 is 0. The SMILES string of the molecule is C=CCN1CCC2(CCC1=O)CN(C(=O)N1CCOCC1)CCN2C. The molecule has 140 valence electrons. The minimum Gasteiger partial charge on any atom is -0.378 e. The number of carbonyl (C=O) groups is 2. The van der Waals surface area contributed by atoms with Crippen molar-refractivity contribution >= 4 is 11.9 Å². The molecule has 3 amide bonds. The van der Waals surface area contributed by atoms with Gasteiger partial charge in [-0.3, -0.25) is 9.69 Å². The van der Waals surface area contributed by atoms with Crippen LogP contribution in [0.15, 0.2) is 12.7 Å². The standard InChI is InChI=1S/C18H30N4O3/c1-3-7-20-8-6-18(5-4-16(20)23)15-22(10-9-19(18)2)17(24)21-11-13-25-14-12-21/h3H,1,4-15H2,2H3. The summed E-state index contributed by atoms with van der Waals surface area (Å²) in [5, 5.41) is 0. The van der Waals surface area contributed by atoms with Gasteiger partial charge in [0.15, 0.2) is 0 Å². The Labute approximate surface area is 150 Å². The first-order valence-electron chi connectivity index (χ1n) is 9.27. The summed E-state index contributed by atoms with van der Waals surface area (Å²) in [4.78, 5) is 33.4. The number of amides is 3. The lowest BCUT2D eigenvalue weighted by molar-refractivity contribution is -0.130. The van der Waals surface area contributed by atoms with Gasteiger partial charge < -0.3 is 19.4 Å². The van der Waals surface area contributed by atoms with Gasteiger partial charge in [-0.1, -0.05) is 6.08 Å². The quantitative estimate of drug-likeness (QED) is 0.685. The number of ether oxygens (including phenoxy) is 1. The van der Waals surface area contributed by atoms with Crippen LogP contribution in [0.4, 0.5) is 4.79 Å². The molecule has 0 aromatic heterocycles. The van der Waals surface area contributed by atoms with Crippen molar-refractivity contribution in [2.45, 2.75) is 24.8 Å². The number of piperazine rings is 1. The van der Waals surface area contributed by atoms with Gasteiger partial charge in [-0.05, 0) is 19.9 Å². The van der Waals surface area contributed by atoms with Gasteiger partial charge in [0.1, 0.15) is 0 Å². The average molecular weight is 350 g/mol. The van der Waals surface area contributed by atoms with E-state index in [-0.39, 0.29) is 17.5 Å². The lowest BCUT2D eigenvalue weighted by atomic mass is 9.86. The molecule has 0 aromatic carbocycles. The lowest BCUT2D eigenvalue weighted by Gasteiger charge is -2.50. The first-order chi connectivity index (χ1) is 12.1. The van der Waals surface area contributed by atoms with Gasteiger partial charge >= 0.3 is 6.03 Å². The molecule has 7 heteroatoms. The van der Waals surface area contributed by atoms with Crippen molar-refractivity contribution in [3.05, 3.63) is 12.7 Å². The first kappa shape index (κ1) is 18.2. The Morgan fingerprint density at radius 3 is 2.64 bits per heavy atom. The largest absolute Gasteiger partial charge is 0.378 e. The molecular weight excluding hydrogens is 320 g/mol. The molecule has 3 aliphatic heterocycles. The second kappa shape index (κ2) is 7.74. The zero-order valence-corrected chi connectivity index (χ0v) is 15.3. The zero-order chi connectivity index (χ0) is 17.9. The van der Waals surface area contributed by atoms with Crippen LogP contribution >= 0.6 is 0 Å². The fourth-order valence-electron chi connectivity index (χ4n) is 4.16. The minimum atomic E-state index is -0.105. The van der Waals surface area contributed by atoms with Crippen molar-refractivity contribution in [1.29, 1.82) is 0 Å². The van der Waals surface area contributed by atoms with E-state index in [4.69, 9.17) is 4.74 Å². The molecule has 25 heavy (non-hydrogen) atoms. The van der Waals surface area contributed by atoms with E-state index >= 15 is 0 Å². The van der Waals surface area contributed by atoms with Crippen LogP contribution < -0.4 is 0 Å². The zero-order valence-electron chi connectivity index (χ0n) is 15.3. The Hall–Kier alpha value is -1.60. The van der Waals surface area contributed by atoms with E-state index in [1.165, 1.54) is 0 Å². The van der Waals surface area contributed by atoms with Crippen LogP contribution in [-0.4, -0.2) is 103 Å². The van der Waals surface area contributed by atoms with E-state index in [0.717, 1.165) is 32.5 Å². The summed E-state index contributed by atoms with van der Waals surface area (Å²) in [6.45, 7) is 9.98. The molecule has 7 nitrogen and oxygen atoms in total. The molecule has 0 radical (unpaired) electrons. The highest BCUT2D eigenvalue weighted by atomic mass is 16.5. The normalized spacial score (nSPS) is 29.0. The number of likely N-dealkylation sites (tertiary alicyclic amines) is 1. The second-order valence-electron chi connectivity index (χ2n) is 7.33. The molecule has 3 fully saturated rings. The summed E-state index contributed by atoms with van der Waals surface area (Å²) in [5.41, 5.74) is -0.105. The molecule has 0 aromatic rings. The average Bonchev–Trinajstić information content (AvgIpc) is 2.79. The summed E-state index contributed by atoms with van der Waals surface area (Å²) in [7, 11) is 2.13. The Bertz CT molecular complexity index is 520. The number of likely N-dealkylation sites (N-methyl/N-ethyl adjacent to an activating group) is 1. The van der Waals surface area contributed by atoms with Crippen molar-refractivity contribution in [1.82, 2.24) is 19.6 Å². The van der Waals surface area contributed by atoms with Crippen molar-refractivity contribution in [3.63, 3.8) is 0 Å². The van der Waals surface area contributed by atoms with Crippen molar-refractivity contribution in [3.8, 4) is 0 Å². The van der Waals surface area contributed by atoms with Gasteiger partial charge in [-0.15, -0.1) is 6.58 Å². The molecule has 3 heterocycles. The van der Waals surface area contributed by atoms with E-state index in [0.29, 0.717) is 45.8 Å². The van der Waals surface area contributed by atoms with E-state index in [9.17, 15) is 9.59 Å². The predicted molar refractivity (Wildman–Crippen MR) is 95.4 cm³/mol. The number of hydrogen-bond donors (Lipinski definition) is 0. The molecule has 0 aliphatic carbocycles. The Morgan fingerprint density at radius 1 is 1.16 bits per heavy atom.